The minimum Gasteiger partial charge on any atom is -0.344 e. The summed E-state index contributed by atoms with van der Waals surface area (Å²) in [5.74, 6) is 0.540. The molecule has 1 heterocycles. The van der Waals surface area contributed by atoms with Gasteiger partial charge in [0.05, 0.1) is 0 Å². The van der Waals surface area contributed by atoms with E-state index < -0.39 is 0 Å². The normalized spacial score (nSPS) is 16.9. The molecule has 0 amide bonds. The molecule has 0 fully saturated rings. The zero-order valence-electron chi connectivity index (χ0n) is 17.8. The Morgan fingerprint density at radius 1 is 0.833 bits per heavy atom. The van der Waals surface area contributed by atoms with Crippen molar-refractivity contribution >= 4 is 22.6 Å². The van der Waals surface area contributed by atoms with Crippen molar-refractivity contribution in [3.05, 3.63) is 94.7 Å². The van der Waals surface area contributed by atoms with Gasteiger partial charge in [0, 0.05) is 29.6 Å². The predicted molar refractivity (Wildman–Crippen MR) is 128 cm³/mol. The number of benzene rings is 3. The Balaban J connectivity index is 1.56. The third kappa shape index (κ3) is 2.41. The lowest BCUT2D eigenvalue weighted by molar-refractivity contribution is 0.711. The molecule has 0 radical (unpaired) electrons. The average Bonchev–Trinajstić information content (AvgIpc) is 3.27. The first-order valence-corrected chi connectivity index (χ1v) is 11.3. The first kappa shape index (κ1) is 17.8. The molecule has 30 heavy (non-hydrogen) atoms. The van der Waals surface area contributed by atoms with Gasteiger partial charge in [0.2, 0.25) is 0 Å². The minimum atomic E-state index is 0.540. The van der Waals surface area contributed by atoms with Crippen LogP contribution in [-0.2, 0) is 13.5 Å². The summed E-state index contributed by atoms with van der Waals surface area (Å²) in [4.78, 5) is 0. The summed E-state index contributed by atoms with van der Waals surface area (Å²) in [6.45, 7) is 2.30. The molecule has 0 bridgehead atoms. The van der Waals surface area contributed by atoms with Gasteiger partial charge in [-0.05, 0) is 70.4 Å². The Bertz CT molecular complexity index is 1320. The molecular formula is C29H27N. The molecule has 0 spiro atoms. The Morgan fingerprint density at radius 2 is 1.60 bits per heavy atom. The molecule has 4 aromatic rings. The maximum atomic E-state index is 2.46. The van der Waals surface area contributed by atoms with Gasteiger partial charge < -0.3 is 4.57 Å². The monoisotopic (exact) mass is 389 g/mol. The Labute approximate surface area is 178 Å². The van der Waals surface area contributed by atoms with Gasteiger partial charge in [0.15, 0.2) is 0 Å². The van der Waals surface area contributed by atoms with E-state index in [0.717, 1.165) is 12.8 Å². The Morgan fingerprint density at radius 3 is 2.50 bits per heavy atom. The lowest BCUT2D eigenvalue weighted by atomic mass is 9.86. The van der Waals surface area contributed by atoms with Crippen LogP contribution in [0.2, 0.25) is 0 Å². The van der Waals surface area contributed by atoms with E-state index in [0.29, 0.717) is 5.92 Å². The van der Waals surface area contributed by atoms with E-state index >= 15 is 0 Å². The smallest absolute Gasteiger partial charge is 0.0485 e. The molecule has 1 atom stereocenters. The summed E-state index contributed by atoms with van der Waals surface area (Å²) in [7, 11) is 2.21. The van der Waals surface area contributed by atoms with E-state index in [1.165, 1.54) is 68.4 Å². The van der Waals surface area contributed by atoms with Crippen LogP contribution >= 0.6 is 0 Å². The molecule has 0 saturated carbocycles. The highest BCUT2D eigenvalue weighted by molar-refractivity contribution is 5.98. The lowest BCUT2D eigenvalue weighted by Crippen LogP contribution is -2.02. The molecule has 3 aromatic carbocycles. The Kier molecular flexibility index (Phi) is 3.99. The van der Waals surface area contributed by atoms with Crippen molar-refractivity contribution in [2.24, 2.45) is 7.05 Å². The maximum absolute atomic E-state index is 2.46. The van der Waals surface area contributed by atoms with Crippen LogP contribution in [0.4, 0.5) is 0 Å². The van der Waals surface area contributed by atoms with Gasteiger partial charge in [-0.15, -0.1) is 0 Å². The highest BCUT2D eigenvalue weighted by Gasteiger charge is 2.31. The van der Waals surface area contributed by atoms with Crippen LogP contribution in [0.25, 0.3) is 33.7 Å². The van der Waals surface area contributed by atoms with Crippen molar-refractivity contribution in [2.45, 2.75) is 38.5 Å². The molecule has 0 N–H and O–H groups in total. The zero-order valence-corrected chi connectivity index (χ0v) is 17.8. The van der Waals surface area contributed by atoms with Crippen molar-refractivity contribution in [3.8, 4) is 11.1 Å². The van der Waals surface area contributed by atoms with Crippen LogP contribution in [0, 0.1) is 0 Å². The van der Waals surface area contributed by atoms with Gasteiger partial charge in [0.1, 0.15) is 0 Å². The van der Waals surface area contributed by atoms with Crippen molar-refractivity contribution in [3.63, 3.8) is 0 Å². The second kappa shape index (κ2) is 6.74. The second-order valence-electron chi connectivity index (χ2n) is 8.81. The topological polar surface area (TPSA) is 4.93 Å². The summed E-state index contributed by atoms with van der Waals surface area (Å²) >= 11 is 0. The maximum Gasteiger partial charge on any atom is 0.0485 e. The molecule has 6 rings (SSSR count). The van der Waals surface area contributed by atoms with Gasteiger partial charge in [-0.2, -0.15) is 0 Å². The van der Waals surface area contributed by atoms with E-state index in [9.17, 15) is 0 Å². The zero-order chi connectivity index (χ0) is 20.2. The molecule has 1 nitrogen and oxygen atoms in total. The van der Waals surface area contributed by atoms with Gasteiger partial charge in [-0.1, -0.05) is 74.0 Å². The fourth-order valence-electron chi connectivity index (χ4n) is 5.87. The van der Waals surface area contributed by atoms with Gasteiger partial charge in [-0.3, -0.25) is 0 Å². The van der Waals surface area contributed by atoms with Crippen molar-refractivity contribution in [1.29, 1.82) is 0 Å². The van der Waals surface area contributed by atoms with Crippen LogP contribution in [0.15, 0.2) is 66.7 Å². The fourth-order valence-corrected chi connectivity index (χ4v) is 5.87. The van der Waals surface area contributed by atoms with Crippen molar-refractivity contribution < 1.29 is 0 Å². The number of hydrogen-bond acceptors (Lipinski definition) is 0. The molecule has 1 aromatic heterocycles. The number of allylic oxidation sites excluding steroid dienone is 1. The second-order valence-corrected chi connectivity index (χ2v) is 8.81. The lowest BCUT2D eigenvalue weighted by Gasteiger charge is -2.19. The number of aromatic nitrogens is 1. The van der Waals surface area contributed by atoms with Crippen LogP contribution in [0.1, 0.15) is 60.1 Å². The summed E-state index contributed by atoms with van der Waals surface area (Å²) in [5, 5.41) is 1.41. The van der Waals surface area contributed by atoms with Gasteiger partial charge in [0.25, 0.3) is 0 Å². The average molecular weight is 390 g/mol. The third-order valence-corrected chi connectivity index (χ3v) is 7.22. The molecule has 0 saturated heterocycles. The summed E-state index contributed by atoms with van der Waals surface area (Å²) in [5.41, 5.74) is 13.1. The first-order chi connectivity index (χ1) is 14.8. The van der Waals surface area contributed by atoms with Crippen molar-refractivity contribution in [2.75, 3.05) is 0 Å². The Hall–Kier alpha value is -3.06. The first-order valence-electron chi connectivity index (χ1n) is 11.3. The number of hydrogen-bond donors (Lipinski definition) is 0. The van der Waals surface area contributed by atoms with Gasteiger partial charge in [-0.25, -0.2) is 0 Å². The van der Waals surface area contributed by atoms with Crippen LogP contribution in [-0.4, -0.2) is 4.57 Å². The van der Waals surface area contributed by atoms with E-state index in [1.807, 2.05) is 0 Å². The summed E-state index contributed by atoms with van der Waals surface area (Å²) in [6.07, 6.45) is 7.12. The quantitative estimate of drug-likeness (QED) is 0.340. The van der Waals surface area contributed by atoms with Gasteiger partial charge >= 0.3 is 0 Å². The van der Waals surface area contributed by atoms with Crippen LogP contribution in [0.5, 0.6) is 0 Å². The minimum absolute atomic E-state index is 0.540. The molecule has 0 aliphatic heterocycles. The SMILES string of the molecule is CCCC1c2ccccc2-c2c(C3=Cc4c(c5ccccc5n4C)CC3)cccc21. The fraction of sp³-hybridized carbons (Fsp3) is 0.241. The summed E-state index contributed by atoms with van der Waals surface area (Å²) in [6, 6.07) is 24.9. The third-order valence-electron chi connectivity index (χ3n) is 7.22. The van der Waals surface area contributed by atoms with E-state index in [4.69, 9.17) is 0 Å². The van der Waals surface area contributed by atoms with Crippen molar-refractivity contribution in [1.82, 2.24) is 4.57 Å². The number of para-hydroxylation sites is 1. The molecular weight excluding hydrogens is 362 g/mol. The van der Waals surface area contributed by atoms with Crippen LogP contribution in [0.3, 0.4) is 0 Å². The van der Waals surface area contributed by atoms with E-state index in [2.05, 4.69) is 91.3 Å². The highest BCUT2D eigenvalue weighted by atomic mass is 14.9. The molecule has 2 aliphatic rings. The predicted octanol–water partition coefficient (Wildman–Crippen LogP) is 7.58. The number of rotatable bonds is 3. The molecule has 1 unspecified atom stereocenters. The van der Waals surface area contributed by atoms with E-state index in [-0.39, 0.29) is 0 Å². The number of fused-ring (bicyclic) bond motifs is 6. The largest absolute Gasteiger partial charge is 0.344 e. The molecule has 148 valence electrons. The molecule has 2 aliphatic carbocycles. The van der Waals surface area contributed by atoms with Crippen LogP contribution < -0.4 is 0 Å². The highest BCUT2D eigenvalue weighted by Crippen LogP contribution is 2.50. The number of aryl methyl sites for hydroxylation is 2. The molecule has 1 heteroatoms. The van der Waals surface area contributed by atoms with E-state index in [1.54, 1.807) is 0 Å². The summed E-state index contributed by atoms with van der Waals surface area (Å²) < 4.78 is 2.38. The number of nitrogens with zero attached hydrogens (tertiary/aromatic N) is 1. The standard InChI is InChI=1S/C29H27N/c1-3-9-21-22-10-4-5-12-25(22)29-20(13-8-14-26(21)29)19-16-17-24-23-11-6-7-15-27(23)30(2)28(24)18-19/h4-8,10-15,18,21H,3,9,16-17H2,1-2H3.